The third-order valence-electron chi connectivity index (χ3n) is 2.68. The molecule has 0 fully saturated rings. The maximum absolute atomic E-state index is 11.9. The van der Waals surface area contributed by atoms with Crippen molar-refractivity contribution in [1.82, 2.24) is 0 Å². The molecule has 1 atom stereocenters. The van der Waals surface area contributed by atoms with Gasteiger partial charge in [0.25, 0.3) is 0 Å². The number of thioether (sulfide) groups is 1. The molecule has 0 aromatic heterocycles. The van der Waals surface area contributed by atoms with Gasteiger partial charge < -0.3 is 20.9 Å². The van der Waals surface area contributed by atoms with Crippen LogP contribution in [0, 0.1) is 0 Å². The molecule has 20 heavy (non-hydrogen) atoms. The summed E-state index contributed by atoms with van der Waals surface area (Å²) in [6, 6.07) is 3.76. The van der Waals surface area contributed by atoms with E-state index in [1.165, 1.54) is 19.2 Å². The van der Waals surface area contributed by atoms with Crippen molar-refractivity contribution < 1.29 is 19.4 Å². The smallest absolute Gasteiger partial charge is 0.337 e. The van der Waals surface area contributed by atoms with Crippen LogP contribution in [0.15, 0.2) is 18.2 Å². The van der Waals surface area contributed by atoms with Crippen LogP contribution >= 0.6 is 11.8 Å². The highest BCUT2D eigenvalue weighted by Crippen LogP contribution is 2.22. The standard InChI is InChI=1S/C13H18N2O4S/c1-19-8-3-4-11(9(7-8)13(17)18)15-12(16)10(14)5-6-20-2/h3-4,7,10H,5-6,14H2,1-2H3,(H,15,16)(H,17,18)/t10-/m0/s1. The minimum absolute atomic E-state index is 0.0326. The van der Waals surface area contributed by atoms with Crippen LogP contribution in [-0.2, 0) is 4.79 Å². The molecular formula is C13H18N2O4S. The Hall–Kier alpha value is -1.73. The number of rotatable bonds is 7. The largest absolute Gasteiger partial charge is 0.497 e. The number of methoxy groups -OCH3 is 1. The van der Waals surface area contributed by atoms with Gasteiger partial charge in [0.2, 0.25) is 5.91 Å². The number of benzene rings is 1. The minimum Gasteiger partial charge on any atom is -0.497 e. The molecule has 1 amide bonds. The molecule has 0 spiro atoms. The molecule has 0 radical (unpaired) electrons. The van der Waals surface area contributed by atoms with E-state index < -0.39 is 17.9 Å². The Bertz CT molecular complexity index is 493. The zero-order valence-electron chi connectivity index (χ0n) is 11.4. The maximum atomic E-state index is 11.9. The summed E-state index contributed by atoms with van der Waals surface area (Å²) in [5.41, 5.74) is 5.91. The van der Waals surface area contributed by atoms with Crippen LogP contribution in [0.25, 0.3) is 0 Å². The number of ether oxygens (including phenoxy) is 1. The van der Waals surface area contributed by atoms with Crippen molar-refractivity contribution in [3.63, 3.8) is 0 Å². The molecule has 0 unspecified atom stereocenters. The van der Waals surface area contributed by atoms with Gasteiger partial charge in [-0.25, -0.2) is 4.79 Å². The number of hydrogen-bond donors (Lipinski definition) is 3. The topological polar surface area (TPSA) is 102 Å². The summed E-state index contributed by atoms with van der Waals surface area (Å²) in [4.78, 5) is 23.0. The van der Waals surface area contributed by atoms with Crippen molar-refractivity contribution in [2.24, 2.45) is 5.73 Å². The van der Waals surface area contributed by atoms with Crippen LogP contribution in [0.2, 0.25) is 0 Å². The molecule has 7 heteroatoms. The zero-order chi connectivity index (χ0) is 15.1. The average Bonchev–Trinajstić information content (AvgIpc) is 2.44. The van der Waals surface area contributed by atoms with Gasteiger partial charge in [0.1, 0.15) is 5.75 Å². The fourth-order valence-electron chi connectivity index (χ4n) is 1.54. The van der Waals surface area contributed by atoms with Gasteiger partial charge in [-0.1, -0.05) is 0 Å². The molecule has 0 aliphatic rings. The third kappa shape index (κ3) is 4.43. The van der Waals surface area contributed by atoms with Gasteiger partial charge in [-0.05, 0) is 36.6 Å². The number of carboxylic acid groups (broad SMARTS) is 1. The van der Waals surface area contributed by atoms with Gasteiger partial charge in [0.15, 0.2) is 0 Å². The Labute approximate surface area is 121 Å². The molecule has 110 valence electrons. The SMILES string of the molecule is COc1ccc(NC(=O)[C@@H](N)CCSC)c(C(=O)O)c1. The number of aromatic carboxylic acids is 1. The maximum Gasteiger partial charge on any atom is 0.337 e. The van der Waals surface area contributed by atoms with E-state index in [0.29, 0.717) is 12.2 Å². The van der Waals surface area contributed by atoms with E-state index >= 15 is 0 Å². The van der Waals surface area contributed by atoms with Crippen molar-refractivity contribution >= 4 is 29.3 Å². The molecule has 0 heterocycles. The second-order valence-electron chi connectivity index (χ2n) is 4.09. The van der Waals surface area contributed by atoms with E-state index in [2.05, 4.69) is 5.32 Å². The Morgan fingerprint density at radius 1 is 1.50 bits per heavy atom. The summed E-state index contributed by atoms with van der Waals surface area (Å²) in [6.07, 6.45) is 2.46. The molecule has 1 aromatic rings. The van der Waals surface area contributed by atoms with Crippen LogP contribution in [0.4, 0.5) is 5.69 Å². The fourth-order valence-corrected chi connectivity index (χ4v) is 2.03. The first-order valence-electron chi connectivity index (χ1n) is 5.96. The van der Waals surface area contributed by atoms with Crippen molar-refractivity contribution in [3.8, 4) is 5.75 Å². The molecule has 1 rings (SSSR count). The van der Waals surface area contributed by atoms with E-state index in [0.717, 1.165) is 5.75 Å². The molecule has 6 nitrogen and oxygen atoms in total. The second kappa shape index (κ2) is 7.76. The van der Waals surface area contributed by atoms with Gasteiger partial charge in [-0.15, -0.1) is 0 Å². The number of carbonyl (C=O) groups excluding carboxylic acids is 1. The normalized spacial score (nSPS) is 11.8. The molecule has 1 aromatic carbocycles. The fraction of sp³-hybridized carbons (Fsp3) is 0.385. The molecule has 0 saturated heterocycles. The summed E-state index contributed by atoms with van der Waals surface area (Å²) in [5, 5.41) is 11.7. The van der Waals surface area contributed by atoms with Crippen LogP contribution in [0.1, 0.15) is 16.8 Å². The summed E-state index contributed by atoms with van der Waals surface area (Å²) in [5.74, 6) is -0.362. The summed E-state index contributed by atoms with van der Waals surface area (Å²) >= 11 is 1.60. The number of amides is 1. The monoisotopic (exact) mass is 298 g/mol. The first-order valence-corrected chi connectivity index (χ1v) is 7.35. The Morgan fingerprint density at radius 2 is 2.20 bits per heavy atom. The molecule has 0 bridgehead atoms. The van der Waals surface area contributed by atoms with E-state index in [4.69, 9.17) is 15.6 Å². The lowest BCUT2D eigenvalue weighted by Crippen LogP contribution is -2.36. The highest BCUT2D eigenvalue weighted by atomic mass is 32.2. The zero-order valence-corrected chi connectivity index (χ0v) is 12.2. The Morgan fingerprint density at radius 3 is 2.75 bits per heavy atom. The lowest BCUT2D eigenvalue weighted by molar-refractivity contribution is -0.117. The summed E-state index contributed by atoms with van der Waals surface area (Å²) in [6.45, 7) is 0. The Kier molecular flexibility index (Phi) is 6.33. The number of carboxylic acids is 1. The van der Waals surface area contributed by atoms with Gasteiger partial charge in [0, 0.05) is 0 Å². The Balaban J connectivity index is 2.86. The third-order valence-corrected chi connectivity index (χ3v) is 3.33. The number of carbonyl (C=O) groups is 2. The van der Waals surface area contributed by atoms with Crippen LogP contribution < -0.4 is 15.8 Å². The molecule has 0 aliphatic carbocycles. The number of nitrogens with two attached hydrogens (primary N) is 1. The molecule has 0 aliphatic heterocycles. The van der Waals surface area contributed by atoms with Gasteiger partial charge in [-0.2, -0.15) is 11.8 Å². The number of anilines is 1. The van der Waals surface area contributed by atoms with Gasteiger partial charge in [0.05, 0.1) is 24.4 Å². The van der Waals surface area contributed by atoms with Gasteiger partial charge >= 0.3 is 5.97 Å². The van der Waals surface area contributed by atoms with Crippen molar-refractivity contribution in [3.05, 3.63) is 23.8 Å². The van der Waals surface area contributed by atoms with Crippen molar-refractivity contribution in [2.45, 2.75) is 12.5 Å². The van der Waals surface area contributed by atoms with Crippen molar-refractivity contribution in [1.29, 1.82) is 0 Å². The minimum atomic E-state index is -1.14. The van der Waals surface area contributed by atoms with Crippen LogP contribution in [0.5, 0.6) is 5.75 Å². The average molecular weight is 298 g/mol. The van der Waals surface area contributed by atoms with E-state index in [1.807, 2.05) is 6.26 Å². The van der Waals surface area contributed by atoms with E-state index in [1.54, 1.807) is 17.8 Å². The predicted octanol–water partition coefficient (Wildman–Crippen LogP) is 1.41. The summed E-state index contributed by atoms with van der Waals surface area (Å²) < 4.78 is 4.96. The lowest BCUT2D eigenvalue weighted by Gasteiger charge is -2.14. The molecule has 4 N–H and O–H groups in total. The predicted molar refractivity (Wildman–Crippen MR) is 79.6 cm³/mol. The molecular weight excluding hydrogens is 280 g/mol. The summed E-state index contributed by atoms with van der Waals surface area (Å²) in [7, 11) is 1.44. The number of nitrogens with one attached hydrogen (secondary N) is 1. The quantitative estimate of drug-likeness (QED) is 0.703. The van der Waals surface area contributed by atoms with Crippen molar-refractivity contribution in [2.75, 3.05) is 24.4 Å². The van der Waals surface area contributed by atoms with Crippen LogP contribution in [-0.4, -0.2) is 42.1 Å². The first-order chi connectivity index (χ1) is 9.49. The van der Waals surface area contributed by atoms with Crippen LogP contribution in [0.3, 0.4) is 0 Å². The van der Waals surface area contributed by atoms with E-state index in [9.17, 15) is 9.59 Å². The second-order valence-corrected chi connectivity index (χ2v) is 5.08. The first kappa shape index (κ1) is 16.3. The number of hydrogen-bond acceptors (Lipinski definition) is 5. The molecule has 0 saturated carbocycles. The highest BCUT2D eigenvalue weighted by molar-refractivity contribution is 7.98. The highest BCUT2D eigenvalue weighted by Gasteiger charge is 2.17. The lowest BCUT2D eigenvalue weighted by atomic mass is 10.1. The van der Waals surface area contributed by atoms with Gasteiger partial charge in [-0.3, -0.25) is 4.79 Å². The van der Waals surface area contributed by atoms with E-state index in [-0.39, 0.29) is 11.3 Å².